The first kappa shape index (κ1) is 19.3. The van der Waals surface area contributed by atoms with Crippen molar-refractivity contribution in [2.75, 3.05) is 11.4 Å². The van der Waals surface area contributed by atoms with Crippen LogP contribution in [0.2, 0.25) is 0 Å². The Labute approximate surface area is 169 Å². The zero-order chi connectivity index (χ0) is 20.8. The minimum absolute atomic E-state index is 0.0669. The van der Waals surface area contributed by atoms with Gasteiger partial charge in [0.15, 0.2) is 5.82 Å². The summed E-state index contributed by atoms with van der Waals surface area (Å²) in [5.74, 6) is 0.135. The Morgan fingerprint density at radius 2 is 1.86 bits per heavy atom. The van der Waals surface area contributed by atoms with Gasteiger partial charge in [-0.3, -0.25) is 4.79 Å². The van der Waals surface area contributed by atoms with Crippen LogP contribution in [0.3, 0.4) is 0 Å². The molecule has 0 aliphatic carbocycles. The first-order valence-electron chi connectivity index (χ1n) is 9.73. The van der Waals surface area contributed by atoms with E-state index in [1.807, 2.05) is 19.1 Å². The quantitative estimate of drug-likeness (QED) is 0.628. The largest absolute Gasteiger partial charge is 0.334 e. The molecule has 1 atom stereocenters. The topological polar surface area (TPSA) is 59.2 Å². The lowest BCUT2D eigenvalue weighted by Gasteiger charge is -2.18. The van der Waals surface area contributed by atoms with Crippen LogP contribution in [0, 0.1) is 12.7 Å². The third kappa shape index (κ3) is 3.79. The van der Waals surface area contributed by atoms with E-state index in [-0.39, 0.29) is 23.7 Å². The first-order chi connectivity index (χ1) is 13.7. The lowest BCUT2D eigenvalue weighted by molar-refractivity contribution is -0.117. The fourth-order valence-electron chi connectivity index (χ4n) is 3.57. The Hall–Kier alpha value is -3.02. The molecule has 0 saturated carbocycles. The van der Waals surface area contributed by atoms with Gasteiger partial charge in [0, 0.05) is 24.4 Å². The number of halogens is 1. The third-order valence-corrected chi connectivity index (χ3v) is 5.32. The Morgan fingerprint density at radius 1 is 1.14 bits per heavy atom. The molecule has 0 N–H and O–H groups in total. The summed E-state index contributed by atoms with van der Waals surface area (Å²) in [6, 6.07) is 12.9. The number of aryl methyl sites for hydroxylation is 1. The molecule has 1 amide bonds. The van der Waals surface area contributed by atoms with E-state index in [1.54, 1.807) is 12.1 Å². The molecule has 0 radical (unpaired) electrons. The predicted molar refractivity (Wildman–Crippen MR) is 109 cm³/mol. The Kier molecular flexibility index (Phi) is 4.73. The highest BCUT2D eigenvalue weighted by atomic mass is 19.1. The molecule has 29 heavy (non-hydrogen) atoms. The molecule has 1 aliphatic rings. The number of nitrogens with zero attached hydrogens (tertiary/aromatic N) is 3. The van der Waals surface area contributed by atoms with Gasteiger partial charge in [-0.25, -0.2) is 4.39 Å². The Bertz CT molecular complexity index is 1050. The minimum Gasteiger partial charge on any atom is -0.334 e. The van der Waals surface area contributed by atoms with Gasteiger partial charge in [-0.1, -0.05) is 44.1 Å². The zero-order valence-electron chi connectivity index (χ0n) is 17.1. The molecular formula is C23H24FN3O2. The summed E-state index contributed by atoms with van der Waals surface area (Å²) >= 11 is 0. The summed E-state index contributed by atoms with van der Waals surface area (Å²) in [6.07, 6.45) is 0.231. The number of aromatic nitrogens is 2. The van der Waals surface area contributed by atoms with Crippen LogP contribution in [0.1, 0.15) is 50.1 Å². The molecule has 6 heteroatoms. The highest BCUT2D eigenvalue weighted by Crippen LogP contribution is 2.33. The molecule has 1 fully saturated rings. The van der Waals surface area contributed by atoms with E-state index in [2.05, 4.69) is 43.0 Å². The number of hydrogen-bond donors (Lipinski definition) is 0. The maximum atomic E-state index is 14.3. The van der Waals surface area contributed by atoms with Crippen molar-refractivity contribution in [2.45, 2.75) is 45.4 Å². The average Bonchev–Trinajstić information content (AvgIpc) is 3.28. The van der Waals surface area contributed by atoms with Crippen LogP contribution in [-0.4, -0.2) is 22.6 Å². The predicted octanol–water partition coefficient (Wildman–Crippen LogP) is 5.00. The van der Waals surface area contributed by atoms with E-state index in [0.29, 0.717) is 23.9 Å². The first-order valence-corrected chi connectivity index (χ1v) is 9.73. The molecule has 5 nitrogen and oxygen atoms in total. The number of carbonyl (C=O) groups is 1. The number of carbonyl (C=O) groups excluding carboxylic acids is 1. The summed E-state index contributed by atoms with van der Waals surface area (Å²) in [7, 11) is 0. The summed E-state index contributed by atoms with van der Waals surface area (Å²) in [5.41, 5.74) is 3.23. The van der Waals surface area contributed by atoms with Gasteiger partial charge >= 0.3 is 0 Å². The highest BCUT2D eigenvalue weighted by molar-refractivity contribution is 5.96. The van der Waals surface area contributed by atoms with Gasteiger partial charge in [-0.2, -0.15) is 4.98 Å². The van der Waals surface area contributed by atoms with Crippen LogP contribution in [0.15, 0.2) is 47.0 Å². The van der Waals surface area contributed by atoms with E-state index in [4.69, 9.17) is 4.52 Å². The van der Waals surface area contributed by atoms with Crippen molar-refractivity contribution in [3.8, 4) is 11.5 Å². The van der Waals surface area contributed by atoms with Crippen molar-refractivity contribution < 1.29 is 13.7 Å². The summed E-state index contributed by atoms with van der Waals surface area (Å²) < 4.78 is 19.7. The van der Waals surface area contributed by atoms with Crippen molar-refractivity contribution in [3.05, 3.63) is 65.2 Å². The fraction of sp³-hybridized carbons (Fsp3) is 0.348. The number of amides is 1. The minimum atomic E-state index is -0.397. The van der Waals surface area contributed by atoms with Gasteiger partial charge in [-0.15, -0.1) is 0 Å². The SMILES string of the molecule is Cc1ccc(N2CC(c3noc(-c4ccc(C(C)(C)C)cc4)n3)CC2=O)c(F)c1. The van der Waals surface area contributed by atoms with E-state index >= 15 is 0 Å². The second kappa shape index (κ2) is 7.10. The van der Waals surface area contributed by atoms with Gasteiger partial charge in [0.25, 0.3) is 5.89 Å². The molecule has 0 spiro atoms. The van der Waals surface area contributed by atoms with Crippen molar-refractivity contribution >= 4 is 11.6 Å². The van der Waals surface area contributed by atoms with Gasteiger partial charge in [0.1, 0.15) is 5.82 Å². The van der Waals surface area contributed by atoms with Gasteiger partial charge in [-0.05, 0) is 47.7 Å². The van der Waals surface area contributed by atoms with Crippen molar-refractivity contribution in [3.63, 3.8) is 0 Å². The molecule has 2 heterocycles. The standard InChI is InChI=1S/C23H24FN3O2/c1-14-5-10-19(18(24)11-14)27-13-16(12-20(27)28)21-25-22(29-26-21)15-6-8-17(9-7-15)23(2,3)4/h5-11,16H,12-13H2,1-4H3. The molecule has 1 aliphatic heterocycles. The smallest absolute Gasteiger partial charge is 0.257 e. The number of hydrogen-bond acceptors (Lipinski definition) is 4. The van der Waals surface area contributed by atoms with Gasteiger partial charge in [0.05, 0.1) is 5.69 Å². The van der Waals surface area contributed by atoms with Crippen molar-refractivity contribution in [2.24, 2.45) is 0 Å². The maximum absolute atomic E-state index is 14.3. The number of rotatable bonds is 3. The van der Waals surface area contributed by atoms with Crippen molar-refractivity contribution in [1.82, 2.24) is 10.1 Å². The van der Waals surface area contributed by atoms with Crippen LogP contribution in [0.25, 0.3) is 11.5 Å². The lowest BCUT2D eigenvalue weighted by atomic mass is 9.87. The van der Waals surface area contributed by atoms with Crippen LogP contribution in [0.4, 0.5) is 10.1 Å². The average molecular weight is 393 g/mol. The molecule has 2 aromatic carbocycles. The fourth-order valence-corrected chi connectivity index (χ4v) is 3.57. The summed E-state index contributed by atoms with van der Waals surface area (Å²) in [6.45, 7) is 8.63. The van der Waals surface area contributed by atoms with Gasteiger partial charge in [0.2, 0.25) is 5.91 Å². The molecule has 1 aromatic heterocycles. The third-order valence-electron chi connectivity index (χ3n) is 5.32. The van der Waals surface area contributed by atoms with E-state index < -0.39 is 5.82 Å². The normalized spacial score (nSPS) is 17.2. The Morgan fingerprint density at radius 3 is 2.52 bits per heavy atom. The van der Waals surface area contributed by atoms with Crippen LogP contribution >= 0.6 is 0 Å². The summed E-state index contributed by atoms with van der Waals surface area (Å²) in [5, 5.41) is 4.09. The van der Waals surface area contributed by atoms with Gasteiger partial charge < -0.3 is 9.42 Å². The maximum Gasteiger partial charge on any atom is 0.257 e. The van der Waals surface area contributed by atoms with E-state index in [0.717, 1.165) is 11.1 Å². The molecule has 4 rings (SSSR count). The monoisotopic (exact) mass is 393 g/mol. The Balaban J connectivity index is 1.53. The number of anilines is 1. The number of benzene rings is 2. The zero-order valence-corrected chi connectivity index (χ0v) is 17.1. The lowest BCUT2D eigenvalue weighted by Crippen LogP contribution is -2.25. The molecule has 0 bridgehead atoms. The van der Waals surface area contributed by atoms with Crippen molar-refractivity contribution in [1.29, 1.82) is 0 Å². The second-order valence-electron chi connectivity index (χ2n) is 8.65. The second-order valence-corrected chi connectivity index (χ2v) is 8.65. The molecule has 150 valence electrons. The van der Waals surface area contributed by atoms with E-state index in [9.17, 15) is 9.18 Å². The van der Waals surface area contributed by atoms with Crippen LogP contribution in [-0.2, 0) is 10.2 Å². The summed E-state index contributed by atoms with van der Waals surface area (Å²) in [4.78, 5) is 18.4. The van der Waals surface area contributed by atoms with Crippen LogP contribution in [0.5, 0.6) is 0 Å². The molecule has 3 aromatic rings. The molecular weight excluding hydrogens is 369 g/mol. The highest BCUT2D eigenvalue weighted by Gasteiger charge is 2.35. The molecule has 1 unspecified atom stereocenters. The van der Waals surface area contributed by atoms with E-state index in [1.165, 1.54) is 16.5 Å². The van der Waals surface area contributed by atoms with Crippen LogP contribution < -0.4 is 4.90 Å². The molecule has 1 saturated heterocycles.